The summed E-state index contributed by atoms with van der Waals surface area (Å²) >= 11 is 1.14. The first kappa shape index (κ1) is 37.8. The van der Waals surface area contributed by atoms with Crippen LogP contribution < -0.4 is 10.0 Å². The van der Waals surface area contributed by atoms with Crippen LogP contribution in [0.15, 0.2) is 59.5 Å². The van der Waals surface area contributed by atoms with Crippen LogP contribution in [0.25, 0.3) is 27.6 Å². The Bertz CT molecular complexity index is 2370. The molecule has 0 fully saturated rings. The number of carbonyl (C=O) groups is 1. The Morgan fingerprint density at radius 3 is 2.36 bits per heavy atom. The number of aryl methyl sites for hydroxylation is 1. The van der Waals surface area contributed by atoms with E-state index in [1.807, 2.05) is 0 Å². The van der Waals surface area contributed by atoms with Crippen LogP contribution in [0, 0.1) is 17.6 Å². The van der Waals surface area contributed by atoms with E-state index in [1.54, 1.807) is 31.5 Å². The number of hydrogen-bond donors (Lipinski definition) is 2. The number of carbonyl (C=O) groups excluding carboxylic acids is 1. The summed E-state index contributed by atoms with van der Waals surface area (Å²) in [6, 6.07) is 6.47. The molecule has 2 unspecified atom stereocenters. The summed E-state index contributed by atoms with van der Waals surface area (Å²) in [5.74, 6) is -4.13. The largest absolute Gasteiger partial charge is 0.435 e. The van der Waals surface area contributed by atoms with E-state index in [0.717, 1.165) is 36.3 Å². The van der Waals surface area contributed by atoms with Crippen LogP contribution in [0.5, 0.6) is 0 Å². The minimum absolute atomic E-state index is 0.0315. The Balaban J connectivity index is 1.43. The highest BCUT2D eigenvalue weighted by molar-refractivity contribution is 7.98. The monoisotopic (exact) mass is 782 g/mol. The molecule has 11 nitrogen and oxygen atoms in total. The fourth-order valence-electron chi connectivity index (χ4n) is 6.28. The molecule has 2 N–H and O–H groups in total. The standard InChI is InChI=1S/C33H29F7N8O3S2/c1-15-25(26(15)30(36)37)22-13-48(44-29(22)33(38,39)40)14-24(49)42-23(10-16-8-17(34)11-18(35)9-16)27-21(12-41-32(43-27)52-3)19-6-5-7-20-28(19)47(2)45-31(20)46-53(4,50)51/h5-9,11-13,23,26,30H,10,14H2,1-4H3,(H,42,49)(H,45,46). The molecular formula is C33H29F7N8O3S2. The topological polar surface area (TPSA) is 137 Å². The second-order valence-electron chi connectivity index (χ2n) is 12.3. The molecule has 280 valence electrons. The van der Waals surface area contributed by atoms with Crippen molar-refractivity contribution in [3.05, 3.63) is 88.5 Å². The van der Waals surface area contributed by atoms with E-state index in [9.17, 15) is 43.9 Å². The molecule has 3 aromatic heterocycles. The van der Waals surface area contributed by atoms with Crippen molar-refractivity contribution < 1.29 is 43.9 Å². The van der Waals surface area contributed by atoms with Crippen LogP contribution in [0.1, 0.15) is 35.5 Å². The van der Waals surface area contributed by atoms with Crippen LogP contribution in [0.2, 0.25) is 0 Å². The van der Waals surface area contributed by atoms with Gasteiger partial charge in [-0.2, -0.15) is 23.4 Å². The fraction of sp³-hybridized carbons (Fsp3) is 0.303. The number of hydrogen-bond acceptors (Lipinski definition) is 8. The van der Waals surface area contributed by atoms with Crippen LogP contribution in [0.4, 0.5) is 36.6 Å². The number of alkyl halides is 5. The first-order chi connectivity index (χ1) is 24.8. The zero-order chi connectivity index (χ0) is 38.6. The van der Waals surface area contributed by atoms with Gasteiger partial charge in [-0.1, -0.05) is 29.5 Å². The maximum absolute atomic E-state index is 14.4. The maximum atomic E-state index is 14.4. The molecule has 1 aliphatic carbocycles. The number of thioether (sulfide) groups is 1. The molecule has 0 radical (unpaired) electrons. The lowest BCUT2D eigenvalue weighted by atomic mass is 9.95. The number of allylic oxidation sites excluding steroid dienone is 2. The second kappa shape index (κ2) is 14.1. The first-order valence-corrected chi connectivity index (χ1v) is 18.7. The average molecular weight is 783 g/mol. The highest BCUT2D eigenvalue weighted by atomic mass is 32.2. The molecule has 0 aliphatic heterocycles. The summed E-state index contributed by atoms with van der Waals surface area (Å²) in [5, 5.41) is 11.2. The molecule has 0 bridgehead atoms. The average Bonchev–Trinajstić information content (AvgIpc) is 3.37. The SMILES string of the molecule is CSc1ncc(-c2cccc3c(NS(C)(=O)=O)nn(C)c23)c(C(Cc2cc(F)cc(F)c2)NC(=O)Cn2cc(C3=C(C)C3C(F)F)c(C(F)(F)F)n2)n1. The normalized spacial score (nSPS) is 15.4. The first-order valence-electron chi connectivity index (χ1n) is 15.6. The van der Waals surface area contributed by atoms with Gasteiger partial charge in [-0.3, -0.25) is 18.9 Å². The lowest BCUT2D eigenvalue weighted by Crippen LogP contribution is -2.34. The van der Waals surface area contributed by atoms with Crippen molar-refractivity contribution in [1.82, 2.24) is 34.8 Å². The van der Waals surface area contributed by atoms with Crippen LogP contribution >= 0.6 is 11.8 Å². The van der Waals surface area contributed by atoms with E-state index in [2.05, 4.69) is 30.2 Å². The third-order valence-electron chi connectivity index (χ3n) is 8.44. The van der Waals surface area contributed by atoms with Crippen LogP contribution in [0.3, 0.4) is 0 Å². The van der Waals surface area contributed by atoms with Gasteiger partial charge in [0.05, 0.1) is 29.4 Å². The van der Waals surface area contributed by atoms with Gasteiger partial charge in [-0.05, 0) is 48.9 Å². The van der Waals surface area contributed by atoms with Gasteiger partial charge >= 0.3 is 6.18 Å². The molecule has 20 heteroatoms. The number of benzene rings is 2. The molecule has 0 saturated heterocycles. The molecule has 0 spiro atoms. The van der Waals surface area contributed by atoms with E-state index in [1.165, 1.54) is 17.8 Å². The molecule has 5 aromatic rings. The molecule has 2 aromatic carbocycles. The van der Waals surface area contributed by atoms with Crippen molar-refractivity contribution in [2.75, 3.05) is 17.2 Å². The number of para-hydroxylation sites is 1. The van der Waals surface area contributed by atoms with Gasteiger partial charge in [-0.15, -0.1) is 0 Å². The zero-order valence-corrected chi connectivity index (χ0v) is 29.8. The van der Waals surface area contributed by atoms with Gasteiger partial charge in [0.25, 0.3) is 0 Å². The summed E-state index contributed by atoms with van der Waals surface area (Å²) in [4.78, 5) is 22.7. The van der Waals surface area contributed by atoms with Gasteiger partial charge in [0.15, 0.2) is 16.7 Å². The number of halogens is 7. The molecule has 53 heavy (non-hydrogen) atoms. The lowest BCUT2D eigenvalue weighted by Gasteiger charge is -2.22. The molecule has 6 rings (SSSR count). The van der Waals surface area contributed by atoms with E-state index < -0.39 is 69.9 Å². The highest BCUT2D eigenvalue weighted by Gasteiger charge is 2.47. The summed E-state index contributed by atoms with van der Waals surface area (Å²) < 4.78 is 126. The number of fused-ring (bicyclic) bond motifs is 1. The van der Waals surface area contributed by atoms with Gasteiger partial charge in [0.2, 0.25) is 22.4 Å². The number of rotatable bonds is 12. The number of anilines is 1. The van der Waals surface area contributed by atoms with E-state index >= 15 is 0 Å². The Morgan fingerprint density at radius 1 is 1.06 bits per heavy atom. The van der Waals surface area contributed by atoms with Crippen molar-refractivity contribution >= 4 is 50.0 Å². The van der Waals surface area contributed by atoms with Gasteiger partial charge in [0, 0.05) is 47.6 Å². The molecule has 3 heterocycles. The van der Waals surface area contributed by atoms with E-state index in [4.69, 9.17) is 0 Å². The zero-order valence-electron chi connectivity index (χ0n) is 28.1. The Hall–Kier alpha value is -4.98. The quantitative estimate of drug-likeness (QED) is 0.0846. The van der Waals surface area contributed by atoms with E-state index in [0.29, 0.717) is 32.8 Å². The van der Waals surface area contributed by atoms with Crippen molar-refractivity contribution in [2.45, 2.75) is 43.7 Å². The Kier molecular flexibility index (Phi) is 10.1. The van der Waals surface area contributed by atoms with Gasteiger partial charge in [-0.25, -0.2) is 35.9 Å². The number of nitrogens with zero attached hydrogens (tertiary/aromatic N) is 6. The van der Waals surface area contributed by atoms with Gasteiger partial charge in [0.1, 0.15) is 18.2 Å². The summed E-state index contributed by atoms with van der Waals surface area (Å²) in [5.41, 5.74) is -0.694. The number of amides is 1. The van der Waals surface area contributed by atoms with Crippen molar-refractivity contribution in [2.24, 2.45) is 13.0 Å². The van der Waals surface area contributed by atoms with Crippen molar-refractivity contribution in [1.29, 1.82) is 0 Å². The lowest BCUT2D eigenvalue weighted by molar-refractivity contribution is -0.142. The molecular weight excluding hydrogens is 754 g/mol. The van der Waals surface area contributed by atoms with Crippen LogP contribution in [-0.2, 0) is 41.0 Å². The summed E-state index contributed by atoms with van der Waals surface area (Å²) in [7, 11) is -2.16. The van der Waals surface area contributed by atoms with Crippen LogP contribution in [-0.4, -0.2) is 62.8 Å². The third kappa shape index (κ3) is 8.02. The second-order valence-corrected chi connectivity index (χ2v) is 14.8. The molecule has 1 amide bonds. The number of aromatic nitrogens is 6. The third-order valence-corrected chi connectivity index (χ3v) is 9.57. The molecule has 2 atom stereocenters. The smallest absolute Gasteiger partial charge is 0.346 e. The summed E-state index contributed by atoms with van der Waals surface area (Å²) in [6.07, 6.45) is -3.22. The van der Waals surface area contributed by atoms with Gasteiger partial charge < -0.3 is 5.32 Å². The van der Waals surface area contributed by atoms with Crippen molar-refractivity contribution in [3.8, 4) is 11.1 Å². The minimum Gasteiger partial charge on any atom is -0.346 e. The van der Waals surface area contributed by atoms with Crippen molar-refractivity contribution in [3.63, 3.8) is 0 Å². The molecule has 1 aliphatic rings. The molecule has 0 saturated carbocycles. The predicted octanol–water partition coefficient (Wildman–Crippen LogP) is 6.39. The maximum Gasteiger partial charge on any atom is 0.435 e. The number of sulfonamides is 1. The highest BCUT2D eigenvalue weighted by Crippen LogP contribution is 2.52. The summed E-state index contributed by atoms with van der Waals surface area (Å²) in [6.45, 7) is 0.504. The minimum atomic E-state index is -5.02. The fourth-order valence-corrected chi connectivity index (χ4v) is 7.13. The Labute approximate surface area is 301 Å². The van der Waals surface area contributed by atoms with E-state index in [-0.39, 0.29) is 39.8 Å². The predicted molar refractivity (Wildman–Crippen MR) is 182 cm³/mol. The Morgan fingerprint density at radius 2 is 1.75 bits per heavy atom. The number of nitrogens with one attached hydrogen (secondary N) is 2.